The number of aliphatic imine (C=N–C) groups is 1. The van der Waals surface area contributed by atoms with Crippen LogP contribution in [0.25, 0.3) is 0 Å². The van der Waals surface area contributed by atoms with Gasteiger partial charge in [0.2, 0.25) is 0 Å². The molecule has 0 saturated carbocycles. The van der Waals surface area contributed by atoms with E-state index in [9.17, 15) is 0 Å². The van der Waals surface area contributed by atoms with Crippen molar-refractivity contribution in [1.29, 1.82) is 0 Å². The van der Waals surface area contributed by atoms with Gasteiger partial charge in [0.05, 0.1) is 18.9 Å². The highest BCUT2D eigenvalue weighted by Crippen LogP contribution is 2.09. The summed E-state index contributed by atoms with van der Waals surface area (Å²) in [6.45, 7) is 1.38. The summed E-state index contributed by atoms with van der Waals surface area (Å²) in [5.74, 6) is 0. The first-order valence-electron chi connectivity index (χ1n) is 3.33. The fraction of sp³-hybridized carbons (Fsp3) is 0.571. The second-order valence-electron chi connectivity index (χ2n) is 2.16. The first-order chi connectivity index (χ1) is 4.88. The maximum Gasteiger partial charge on any atom is 0.0886 e. The van der Waals surface area contributed by atoms with Crippen LogP contribution < -0.4 is 5.73 Å². The molecule has 56 valence electrons. The van der Waals surface area contributed by atoms with Crippen LogP contribution in [0.4, 0.5) is 0 Å². The molecule has 0 aromatic carbocycles. The minimum atomic E-state index is 0.611. The van der Waals surface area contributed by atoms with E-state index in [0.29, 0.717) is 6.61 Å². The van der Waals surface area contributed by atoms with Gasteiger partial charge in [-0.15, -0.1) is 0 Å². The molecule has 3 heteroatoms. The number of rotatable bonds is 0. The third-order valence-corrected chi connectivity index (χ3v) is 1.60. The fourth-order valence-corrected chi connectivity index (χ4v) is 0.976. The van der Waals surface area contributed by atoms with Crippen molar-refractivity contribution in [3.63, 3.8) is 0 Å². The average molecular weight is 140 g/mol. The minimum Gasteiger partial charge on any atom is -0.404 e. The van der Waals surface area contributed by atoms with Gasteiger partial charge in [-0.2, -0.15) is 0 Å². The Labute approximate surface area is 60.6 Å². The van der Waals surface area contributed by atoms with Crippen molar-refractivity contribution >= 4 is 5.71 Å². The lowest BCUT2D eigenvalue weighted by molar-refractivity contribution is 0.166. The Hall–Kier alpha value is -0.830. The molecular weight excluding hydrogens is 128 g/mol. The Bertz CT molecular complexity index is 152. The molecule has 1 aliphatic rings. The van der Waals surface area contributed by atoms with Gasteiger partial charge in [-0.25, -0.2) is 0 Å². The first-order valence-corrected chi connectivity index (χ1v) is 3.33. The number of nitrogens with two attached hydrogens (primary N) is 1. The summed E-state index contributed by atoms with van der Waals surface area (Å²) >= 11 is 0. The van der Waals surface area contributed by atoms with Gasteiger partial charge in [0.15, 0.2) is 0 Å². The van der Waals surface area contributed by atoms with E-state index in [2.05, 4.69) is 4.99 Å². The molecule has 2 N–H and O–H groups in total. The van der Waals surface area contributed by atoms with Crippen molar-refractivity contribution in [2.75, 3.05) is 20.3 Å². The van der Waals surface area contributed by atoms with Crippen molar-refractivity contribution in [1.82, 2.24) is 0 Å². The summed E-state index contributed by atoms with van der Waals surface area (Å²) in [5.41, 5.74) is 7.47. The largest absolute Gasteiger partial charge is 0.404 e. The van der Waals surface area contributed by atoms with E-state index in [-0.39, 0.29) is 0 Å². The molecule has 0 spiro atoms. The number of ether oxygens (including phenoxy) is 1. The highest BCUT2D eigenvalue weighted by molar-refractivity contribution is 6.01. The molecule has 0 atom stereocenters. The zero-order valence-electron chi connectivity index (χ0n) is 6.13. The number of hydrogen-bond acceptors (Lipinski definition) is 3. The molecule has 0 aromatic rings. The molecule has 10 heavy (non-hydrogen) atoms. The zero-order chi connectivity index (χ0) is 7.40. The van der Waals surface area contributed by atoms with Crippen molar-refractivity contribution in [3.8, 4) is 0 Å². The van der Waals surface area contributed by atoms with Crippen molar-refractivity contribution < 1.29 is 4.74 Å². The summed E-state index contributed by atoms with van der Waals surface area (Å²) in [6, 6.07) is 0. The third kappa shape index (κ3) is 1.36. The lowest BCUT2D eigenvalue weighted by Crippen LogP contribution is -2.20. The summed E-state index contributed by atoms with van der Waals surface area (Å²) in [7, 11) is 1.76. The molecule has 0 amide bonds. The van der Waals surface area contributed by atoms with E-state index in [1.54, 1.807) is 13.2 Å². The summed E-state index contributed by atoms with van der Waals surface area (Å²) < 4.78 is 5.18. The van der Waals surface area contributed by atoms with E-state index in [4.69, 9.17) is 10.5 Å². The lowest BCUT2D eigenvalue weighted by Gasteiger charge is -2.15. The van der Waals surface area contributed by atoms with Crippen LogP contribution in [0.3, 0.4) is 0 Å². The van der Waals surface area contributed by atoms with Crippen LogP contribution >= 0.6 is 0 Å². The van der Waals surface area contributed by atoms with Gasteiger partial charge < -0.3 is 10.5 Å². The smallest absolute Gasteiger partial charge is 0.0886 e. The Morgan fingerprint density at radius 1 is 1.70 bits per heavy atom. The molecule has 1 rings (SSSR count). The van der Waals surface area contributed by atoms with Gasteiger partial charge in [0.25, 0.3) is 0 Å². The molecule has 3 nitrogen and oxygen atoms in total. The topological polar surface area (TPSA) is 47.6 Å². The molecule has 0 unspecified atom stereocenters. The maximum absolute atomic E-state index is 5.37. The highest BCUT2D eigenvalue weighted by Gasteiger charge is 2.11. The standard InChI is InChI=1S/C7H12N2O/c1-9-7-5-10-3-2-6(7)4-8/h4H,2-3,5,8H2,1H3/b6-4-,9-7?. The normalized spacial score (nSPS) is 27.7. The summed E-state index contributed by atoms with van der Waals surface area (Å²) in [5, 5.41) is 0. The van der Waals surface area contributed by atoms with Gasteiger partial charge in [0, 0.05) is 7.05 Å². The van der Waals surface area contributed by atoms with E-state index in [1.165, 1.54) is 0 Å². The van der Waals surface area contributed by atoms with Crippen LogP contribution in [0.5, 0.6) is 0 Å². The van der Waals surface area contributed by atoms with E-state index in [1.807, 2.05) is 0 Å². The highest BCUT2D eigenvalue weighted by atomic mass is 16.5. The predicted molar refractivity (Wildman–Crippen MR) is 41.1 cm³/mol. The van der Waals surface area contributed by atoms with Crippen LogP contribution in [-0.4, -0.2) is 26.0 Å². The number of hydrogen-bond donors (Lipinski definition) is 1. The van der Waals surface area contributed by atoms with Crippen molar-refractivity contribution in [2.24, 2.45) is 10.7 Å². The first kappa shape index (κ1) is 7.28. The van der Waals surface area contributed by atoms with Crippen molar-refractivity contribution in [2.45, 2.75) is 6.42 Å². The van der Waals surface area contributed by atoms with Crippen LogP contribution in [-0.2, 0) is 4.74 Å². The Morgan fingerprint density at radius 2 is 2.50 bits per heavy atom. The van der Waals surface area contributed by atoms with E-state index >= 15 is 0 Å². The predicted octanol–water partition coefficient (Wildman–Crippen LogP) is 0.320. The van der Waals surface area contributed by atoms with Crippen LogP contribution in [0, 0.1) is 0 Å². The summed E-state index contributed by atoms with van der Waals surface area (Å²) in [6.07, 6.45) is 2.51. The second-order valence-corrected chi connectivity index (χ2v) is 2.16. The molecule has 0 aromatic heterocycles. The Kier molecular flexibility index (Phi) is 2.45. The SMILES string of the molecule is CN=C1COCC/C1=C/N. The molecule has 1 heterocycles. The van der Waals surface area contributed by atoms with Crippen molar-refractivity contribution in [3.05, 3.63) is 11.8 Å². The maximum atomic E-state index is 5.37. The summed E-state index contributed by atoms with van der Waals surface area (Å²) in [4.78, 5) is 4.04. The zero-order valence-corrected chi connectivity index (χ0v) is 6.13. The van der Waals surface area contributed by atoms with E-state index in [0.717, 1.165) is 24.3 Å². The van der Waals surface area contributed by atoms with Crippen LogP contribution in [0.1, 0.15) is 6.42 Å². The van der Waals surface area contributed by atoms with Gasteiger partial charge in [-0.1, -0.05) is 0 Å². The Balaban J connectivity index is 2.69. The Morgan fingerprint density at radius 3 is 3.00 bits per heavy atom. The minimum absolute atomic E-state index is 0.611. The van der Waals surface area contributed by atoms with Gasteiger partial charge in [-0.3, -0.25) is 4.99 Å². The van der Waals surface area contributed by atoms with E-state index < -0.39 is 0 Å². The molecule has 0 radical (unpaired) electrons. The van der Waals surface area contributed by atoms with Crippen LogP contribution in [0.15, 0.2) is 16.8 Å². The third-order valence-electron chi connectivity index (χ3n) is 1.60. The molecule has 1 aliphatic heterocycles. The molecule has 1 saturated heterocycles. The monoisotopic (exact) mass is 140 g/mol. The second kappa shape index (κ2) is 3.37. The van der Waals surface area contributed by atoms with Gasteiger partial charge >= 0.3 is 0 Å². The van der Waals surface area contributed by atoms with Gasteiger partial charge in [-0.05, 0) is 18.2 Å². The fourth-order valence-electron chi connectivity index (χ4n) is 0.976. The molecule has 1 fully saturated rings. The molecule has 0 aliphatic carbocycles. The van der Waals surface area contributed by atoms with Gasteiger partial charge in [0.1, 0.15) is 0 Å². The quantitative estimate of drug-likeness (QED) is 0.526. The molecular formula is C7H12N2O. The number of nitrogens with zero attached hydrogens (tertiary/aromatic N) is 1. The lowest BCUT2D eigenvalue weighted by atomic mass is 10.1. The average Bonchev–Trinajstić information content (AvgIpc) is 2.04. The van der Waals surface area contributed by atoms with Crippen LogP contribution in [0.2, 0.25) is 0 Å². The molecule has 0 bridgehead atoms.